The van der Waals surface area contributed by atoms with Gasteiger partial charge in [-0.15, -0.1) is 0 Å². The average molecular weight is 493 g/mol. The van der Waals surface area contributed by atoms with Crippen molar-refractivity contribution in [3.63, 3.8) is 0 Å². The van der Waals surface area contributed by atoms with Crippen molar-refractivity contribution >= 4 is 54.2 Å². The molecule has 1 unspecified atom stereocenters. The maximum atomic E-state index is 12.8. The number of imidazole rings is 1. The van der Waals surface area contributed by atoms with E-state index in [2.05, 4.69) is 19.6 Å². The van der Waals surface area contributed by atoms with Gasteiger partial charge in [0.05, 0.1) is 23.4 Å². The van der Waals surface area contributed by atoms with Crippen molar-refractivity contribution in [1.29, 1.82) is 0 Å². The van der Waals surface area contributed by atoms with E-state index in [0.29, 0.717) is 16.5 Å². The molecular weight excluding hydrogens is 468 g/mol. The van der Waals surface area contributed by atoms with Crippen LogP contribution >= 0.6 is 11.8 Å². The van der Waals surface area contributed by atoms with E-state index in [-0.39, 0.29) is 5.16 Å². The Bertz CT molecular complexity index is 1300. The SMILES string of the molecule is Cn1ccnc1S(=O)(=O)Nc1cccc2cc(C3=NCC(CN4CCS(=O)CC4)S3)[nH]c12. The number of anilines is 1. The first-order valence-corrected chi connectivity index (χ1v) is 14.1. The van der Waals surface area contributed by atoms with E-state index in [4.69, 9.17) is 4.99 Å². The van der Waals surface area contributed by atoms with Crippen molar-refractivity contribution in [2.75, 3.05) is 42.4 Å². The minimum Gasteiger partial charge on any atom is -0.351 e. The Morgan fingerprint density at radius 2 is 2.12 bits per heavy atom. The number of nitrogens with one attached hydrogen (secondary N) is 2. The average Bonchev–Trinajstić information content (AvgIpc) is 3.49. The molecule has 5 rings (SSSR count). The molecular formula is C20H24N6O3S3. The van der Waals surface area contributed by atoms with Gasteiger partial charge < -0.3 is 14.5 Å². The zero-order chi connectivity index (χ0) is 22.3. The normalized spacial score (nSPS) is 20.7. The Kier molecular flexibility index (Phi) is 5.86. The largest absolute Gasteiger partial charge is 0.351 e. The van der Waals surface area contributed by atoms with E-state index < -0.39 is 20.8 Å². The standard InChI is InChI=1S/C20H24N6O3S3/c1-25-6-5-21-20(25)32(28,29)24-16-4-2-3-14-11-17(23-18(14)16)19-22-12-15(30-19)13-26-7-9-31(27)10-8-26/h2-6,11,15,23-24H,7-10,12-13H2,1H3. The van der Waals surface area contributed by atoms with Crippen LogP contribution < -0.4 is 4.72 Å². The zero-order valence-corrected chi connectivity index (χ0v) is 20.0. The maximum absolute atomic E-state index is 12.8. The van der Waals surface area contributed by atoms with Gasteiger partial charge in [-0.05, 0) is 12.1 Å². The number of aromatic nitrogens is 3. The molecule has 0 radical (unpaired) electrons. The van der Waals surface area contributed by atoms with Crippen LogP contribution in [-0.4, -0.2) is 80.0 Å². The molecule has 4 heterocycles. The number of hydrogen-bond donors (Lipinski definition) is 2. The monoisotopic (exact) mass is 492 g/mol. The molecule has 12 heteroatoms. The lowest BCUT2D eigenvalue weighted by Gasteiger charge is -2.27. The summed E-state index contributed by atoms with van der Waals surface area (Å²) in [5.41, 5.74) is 2.07. The molecule has 9 nitrogen and oxygen atoms in total. The number of nitrogens with zero attached hydrogens (tertiary/aromatic N) is 4. The van der Waals surface area contributed by atoms with Crippen LogP contribution in [0.5, 0.6) is 0 Å². The predicted molar refractivity (Wildman–Crippen MR) is 129 cm³/mol. The molecule has 2 N–H and O–H groups in total. The summed E-state index contributed by atoms with van der Waals surface area (Å²) < 4.78 is 41.3. The van der Waals surface area contributed by atoms with Crippen molar-refractivity contribution in [3.05, 3.63) is 42.4 Å². The second-order valence-corrected chi connectivity index (χ2v) is 12.5. The van der Waals surface area contributed by atoms with Crippen LogP contribution in [0.15, 0.2) is 46.8 Å². The van der Waals surface area contributed by atoms with Crippen molar-refractivity contribution in [1.82, 2.24) is 19.4 Å². The molecule has 0 amide bonds. The lowest BCUT2D eigenvalue weighted by molar-refractivity contribution is 0.302. The number of aromatic amines is 1. The fourth-order valence-electron chi connectivity index (χ4n) is 3.96. The number of rotatable bonds is 6. The molecule has 170 valence electrons. The molecule has 0 bridgehead atoms. The van der Waals surface area contributed by atoms with Gasteiger partial charge in [0.25, 0.3) is 10.0 Å². The quantitative estimate of drug-likeness (QED) is 0.541. The Hall–Kier alpha value is -2.15. The van der Waals surface area contributed by atoms with Gasteiger partial charge in [-0.3, -0.25) is 13.9 Å². The van der Waals surface area contributed by atoms with Crippen LogP contribution in [0.2, 0.25) is 0 Å². The number of hydrogen-bond acceptors (Lipinski definition) is 7. The van der Waals surface area contributed by atoms with Gasteiger partial charge in [0, 0.05) is 72.0 Å². The summed E-state index contributed by atoms with van der Waals surface area (Å²) in [5.74, 6) is 1.51. The molecule has 0 saturated carbocycles. The van der Waals surface area contributed by atoms with E-state index in [0.717, 1.165) is 53.8 Å². The van der Waals surface area contributed by atoms with Crippen LogP contribution in [-0.2, 0) is 27.9 Å². The van der Waals surface area contributed by atoms with Crippen molar-refractivity contribution in [3.8, 4) is 0 Å². The number of H-pyrrole nitrogens is 1. The van der Waals surface area contributed by atoms with E-state index in [9.17, 15) is 12.6 Å². The van der Waals surface area contributed by atoms with Gasteiger partial charge in [0.1, 0.15) is 5.04 Å². The third kappa shape index (κ3) is 4.36. The third-order valence-corrected chi connectivity index (χ3v) is 9.44. The third-order valence-electron chi connectivity index (χ3n) is 5.60. The van der Waals surface area contributed by atoms with Crippen LogP contribution in [0.25, 0.3) is 10.9 Å². The summed E-state index contributed by atoms with van der Waals surface area (Å²) in [6.45, 7) is 3.44. The second kappa shape index (κ2) is 8.65. The number of aliphatic imine (C=N–C) groups is 1. The van der Waals surface area contributed by atoms with Gasteiger partial charge >= 0.3 is 0 Å². The number of sulfonamides is 1. The molecule has 0 aliphatic carbocycles. The highest BCUT2D eigenvalue weighted by Gasteiger charge is 2.26. The minimum absolute atomic E-state index is 0.0404. The molecule has 1 aromatic carbocycles. The summed E-state index contributed by atoms with van der Waals surface area (Å²) in [6.07, 6.45) is 3.05. The molecule has 2 aliphatic rings. The first-order chi connectivity index (χ1) is 15.4. The fraction of sp³-hybridized carbons (Fsp3) is 0.400. The molecule has 2 aromatic heterocycles. The van der Waals surface area contributed by atoms with Crippen LogP contribution in [0.3, 0.4) is 0 Å². The number of benzene rings is 1. The molecule has 1 fully saturated rings. The smallest absolute Gasteiger partial charge is 0.295 e. The molecule has 2 aliphatic heterocycles. The number of thioether (sulfide) groups is 1. The van der Waals surface area contributed by atoms with Crippen LogP contribution in [0.4, 0.5) is 5.69 Å². The number of para-hydroxylation sites is 1. The highest BCUT2D eigenvalue weighted by Crippen LogP contribution is 2.31. The fourth-order valence-corrected chi connectivity index (χ4v) is 7.42. The number of fused-ring (bicyclic) bond motifs is 1. The van der Waals surface area contributed by atoms with E-state index in [1.807, 2.05) is 18.2 Å². The lowest BCUT2D eigenvalue weighted by atomic mass is 10.2. The number of aryl methyl sites for hydroxylation is 1. The minimum atomic E-state index is -3.81. The highest BCUT2D eigenvalue weighted by molar-refractivity contribution is 8.15. The maximum Gasteiger partial charge on any atom is 0.295 e. The lowest BCUT2D eigenvalue weighted by Crippen LogP contribution is -2.41. The summed E-state index contributed by atoms with van der Waals surface area (Å²) in [6, 6.07) is 7.50. The Balaban J connectivity index is 1.32. The first-order valence-electron chi connectivity index (χ1n) is 10.3. The Morgan fingerprint density at radius 1 is 1.31 bits per heavy atom. The molecule has 0 spiro atoms. The predicted octanol–water partition coefficient (Wildman–Crippen LogP) is 1.63. The summed E-state index contributed by atoms with van der Waals surface area (Å²) in [5, 5.41) is 2.17. The molecule has 1 saturated heterocycles. The van der Waals surface area contributed by atoms with E-state index in [1.165, 1.54) is 10.8 Å². The van der Waals surface area contributed by atoms with Crippen LogP contribution in [0, 0.1) is 0 Å². The van der Waals surface area contributed by atoms with E-state index in [1.54, 1.807) is 31.1 Å². The van der Waals surface area contributed by atoms with Gasteiger partial charge in [-0.25, -0.2) is 4.98 Å². The van der Waals surface area contributed by atoms with Crippen molar-refractivity contribution < 1.29 is 12.6 Å². The highest BCUT2D eigenvalue weighted by atomic mass is 32.2. The summed E-state index contributed by atoms with van der Waals surface area (Å²) in [7, 11) is -2.84. The van der Waals surface area contributed by atoms with Gasteiger partial charge in [0.15, 0.2) is 0 Å². The van der Waals surface area contributed by atoms with E-state index >= 15 is 0 Å². The first kappa shape index (κ1) is 21.7. The van der Waals surface area contributed by atoms with Gasteiger partial charge in [-0.1, -0.05) is 23.9 Å². The molecule has 32 heavy (non-hydrogen) atoms. The van der Waals surface area contributed by atoms with Crippen LogP contribution in [0.1, 0.15) is 5.69 Å². The van der Waals surface area contributed by atoms with Crippen molar-refractivity contribution in [2.45, 2.75) is 10.4 Å². The Morgan fingerprint density at radius 3 is 2.88 bits per heavy atom. The molecule has 1 atom stereocenters. The van der Waals surface area contributed by atoms with Gasteiger partial charge in [0.2, 0.25) is 5.16 Å². The zero-order valence-electron chi connectivity index (χ0n) is 17.5. The Labute approximate surface area is 193 Å². The summed E-state index contributed by atoms with van der Waals surface area (Å²) in [4.78, 5) is 14.4. The van der Waals surface area contributed by atoms with Gasteiger partial charge in [-0.2, -0.15) is 8.42 Å². The second-order valence-electron chi connectivity index (χ2n) is 7.91. The van der Waals surface area contributed by atoms with Crippen molar-refractivity contribution in [2.24, 2.45) is 12.0 Å². The topological polar surface area (TPSA) is 112 Å². The summed E-state index contributed by atoms with van der Waals surface area (Å²) >= 11 is 1.74. The molecule has 3 aromatic rings.